The van der Waals surface area contributed by atoms with Gasteiger partial charge in [0.25, 0.3) is 0 Å². The first kappa shape index (κ1) is 10.7. The molecule has 52 valence electrons. The van der Waals surface area contributed by atoms with E-state index in [1.165, 1.54) is 13.8 Å². The molecule has 4 nitrogen and oxygen atoms in total. The van der Waals surface area contributed by atoms with Crippen molar-refractivity contribution in [3.63, 3.8) is 0 Å². The highest BCUT2D eigenvalue weighted by Gasteiger charge is 1.93. The Bertz CT molecular complexity index is 95.5. The van der Waals surface area contributed by atoms with Gasteiger partial charge in [0.2, 0.25) is 0 Å². The Morgan fingerprint density at radius 3 is 1.33 bits per heavy atom. The number of esters is 2. The second kappa shape index (κ2) is 6.81. The molecule has 0 aliphatic heterocycles. The van der Waals surface area contributed by atoms with Gasteiger partial charge in [0.15, 0.2) is 0 Å². The minimum Gasteiger partial charge on any atom is -0.394 e. The lowest BCUT2D eigenvalue weighted by atomic mass is 10.7. The second-order valence-corrected chi connectivity index (χ2v) is 1.09. The minimum atomic E-state index is -0.562. The molecule has 0 heterocycles. The summed E-state index contributed by atoms with van der Waals surface area (Å²) in [6, 6.07) is 0. The molecule has 0 aromatic rings. The van der Waals surface area contributed by atoms with E-state index in [0.717, 1.165) is 0 Å². The maximum Gasteiger partial charge on any atom is 0.310 e. The fourth-order valence-corrected chi connectivity index (χ4v) is 0.202. The fraction of sp³-hybridized carbons (Fsp3) is 0.400. The molecular weight excluding hydrogens is 124 g/mol. The van der Waals surface area contributed by atoms with Crippen LogP contribution in [0.15, 0.2) is 0 Å². The van der Waals surface area contributed by atoms with Crippen molar-refractivity contribution in [2.24, 2.45) is 0 Å². The van der Waals surface area contributed by atoms with E-state index in [-0.39, 0.29) is 0 Å². The smallest absolute Gasteiger partial charge is 0.310 e. The highest BCUT2D eigenvalue weighted by molar-refractivity contribution is 5.82. The van der Waals surface area contributed by atoms with Crippen molar-refractivity contribution in [1.29, 1.82) is 0 Å². The Kier molecular flexibility index (Phi) is 8.12. The lowest BCUT2D eigenvalue weighted by Gasteiger charge is -1.87. The average Bonchev–Trinajstić information content (AvgIpc) is 1.68. The van der Waals surface area contributed by atoms with Crippen molar-refractivity contribution in [3.8, 4) is 0 Å². The highest BCUT2D eigenvalue weighted by Crippen LogP contribution is 1.73. The summed E-state index contributed by atoms with van der Waals surface area (Å²) in [5.74, 6) is -1.12. The molecule has 0 aliphatic carbocycles. The van der Waals surface area contributed by atoms with Crippen LogP contribution in [0.2, 0.25) is 0 Å². The zero-order chi connectivity index (χ0) is 7.86. The Labute approximate surface area is 52.8 Å². The third-order valence-corrected chi connectivity index (χ3v) is 0.287. The fourth-order valence-electron chi connectivity index (χ4n) is 0.202. The summed E-state index contributed by atoms with van der Waals surface area (Å²) in [7, 11) is 0. The molecule has 0 aliphatic rings. The van der Waals surface area contributed by atoms with Crippen LogP contribution in [0.5, 0.6) is 0 Å². The van der Waals surface area contributed by atoms with E-state index in [1.807, 2.05) is 6.79 Å². The number of carbonyl (C=O) groups excluding carboxylic acids is 3. The van der Waals surface area contributed by atoms with Gasteiger partial charge in [0, 0.05) is 13.8 Å². The molecule has 4 heteroatoms. The van der Waals surface area contributed by atoms with Crippen LogP contribution in [-0.4, -0.2) is 18.7 Å². The van der Waals surface area contributed by atoms with E-state index >= 15 is 0 Å². The summed E-state index contributed by atoms with van der Waals surface area (Å²) < 4.78 is 3.97. The van der Waals surface area contributed by atoms with Crippen molar-refractivity contribution >= 4 is 18.7 Å². The van der Waals surface area contributed by atoms with Gasteiger partial charge < -0.3 is 9.53 Å². The third kappa shape index (κ3) is 20.0. The first-order valence-electron chi connectivity index (χ1n) is 2.11. The van der Waals surface area contributed by atoms with Crippen LogP contribution in [0.1, 0.15) is 13.8 Å². The maximum absolute atomic E-state index is 9.81. The van der Waals surface area contributed by atoms with Gasteiger partial charge in [0.1, 0.15) is 6.79 Å². The van der Waals surface area contributed by atoms with Crippen molar-refractivity contribution < 1.29 is 19.1 Å². The number of hydrogen-bond donors (Lipinski definition) is 0. The Morgan fingerprint density at radius 2 is 1.33 bits per heavy atom. The lowest BCUT2D eigenvalue weighted by Crippen LogP contribution is -2.03. The van der Waals surface area contributed by atoms with Gasteiger partial charge in [-0.3, -0.25) is 9.59 Å². The predicted molar refractivity (Wildman–Crippen MR) is 29.6 cm³/mol. The molecule has 0 radical (unpaired) electrons. The standard InChI is InChI=1S/C4H6O3.CH2O/c1-3(5)7-4(2)6;1-2/h1-2H3;1H2. The van der Waals surface area contributed by atoms with E-state index in [0.29, 0.717) is 0 Å². The molecule has 0 saturated heterocycles. The summed E-state index contributed by atoms with van der Waals surface area (Å²) in [6.07, 6.45) is 0. The predicted octanol–water partition coefficient (Wildman–Crippen LogP) is -0.0889. The van der Waals surface area contributed by atoms with Gasteiger partial charge in [0.05, 0.1) is 0 Å². The van der Waals surface area contributed by atoms with E-state index in [9.17, 15) is 9.59 Å². The van der Waals surface area contributed by atoms with E-state index in [2.05, 4.69) is 4.74 Å². The molecule has 0 bridgehead atoms. The van der Waals surface area contributed by atoms with Crippen molar-refractivity contribution in [2.75, 3.05) is 0 Å². The van der Waals surface area contributed by atoms with Crippen LogP contribution >= 0.6 is 0 Å². The van der Waals surface area contributed by atoms with Gasteiger partial charge in [-0.2, -0.15) is 0 Å². The van der Waals surface area contributed by atoms with Crippen LogP contribution in [0.4, 0.5) is 0 Å². The summed E-state index contributed by atoms with van der Waals surface area (Å²) >= 11 is 0. The molecule has 9 heavy (non-hydrogen) atoms. The molecule has 0 aromatic heterocycles. The number of hydrogen-bond acceptors (Lipinski definition) is 4. The Morgan fingerprint density at radius 1 is 1.11 bits per heavy atom. The topological polar surface area (TPSA) is 60.4 Å². The van der Waals surface area contributed by atoms with Crippen molar-refractivity contribution in [2.45, 2.75) is 13.8 Å². The average molecular weight is 132 g/mol. The molecular formula is C5H8O4. The largest absolute Gasteiger partial charge is 0.394 e. The first-order valence-corrected chi connectivity index (χ1v) is 2.11. The van der Waals surface area contributed by atoms with Crippen molar-refractivity contribution in [1.82, 2.24) is 0 Å². The first-order chi connectivity index (χ1) is 4.13. The summed E-state index contributed by atoms with van der Waals surface area (Å²) in [4.78, 5) is 27.6. The number of ether oxygens (including phenoxy) is 1. The van der Waals surface area contributed by atoms with E-state index in [1.54, 1.807) is 0 Å². The summed E-state index contributed by atoms with van der Waals surface area (Å²) in [5.41, 5.74) is 0. The van der Waals surface area contributed by atoms with Crippen LogP contribution in [0, 0.1) is 0 Å². The SMILES string of the molecule is C=O.CC(=O)OC(C)=O. The second-order valence-electron chi connectivity index (χ2n) is 1.09. The Hall–Kier alpha value is -1.19. The highest BCUT2D eigenvalue weighted by atomic mass is 16.6. The lowest BCUT2D eigenvalue weighted by molar-refractivity contribution is -0.156. The van der Waals surface area contributed by atoms with Gasteiger partial charge in [-0.05, 0) is 0 Å². The van der Waals surface area contributed by atoms with Crippen molar-refractivity contribution in [3.05, 3.63) is 0 Å². The van der Waals surface area contributed by atoms with Crippen LogP contribution in [0.3, 0.4) is 0 Å². The molecule has 0 aromatic carbocycles. The summed E-state index contributed by atoms with van der Waals surface area (Å²) in [5, 5.41) is 0. The zero-order valence-corrected chi connectivity index (χ0v) is 5.34. The number of carbonyl (C=O) groups is 3. The molecule has 0 saturated carbocycles. The molecule has 0 amide bonds. The molecule has 0 N–H and O–H groups in total. The van der Waals surface area contributed by atoms with Crippen LogP contribution in [-0.2, 0) is 19.1 Å². The van der Waals surface area contributed by atoms with Gasteiger partial charge in [-0.15, -0.1) is 0 Å². The molecule has 0 spiro atoms. The quantitative estimate of drug-likeness (QED) is 0.341. The van der Waals surface area contributed by atoms with Gasteiger partial charge >= 0.3 is 11.9 Å². The molecule has 0 fully saturated rings. The van der Waals surface area contributed by atoms with Crippen LogP contribution < -0.4 is 0 Å². The third-order valence-electron chi connectivity index (χ3n) is 0.287. The normalized spacial score (nSPS) is 6.44. The Balaban J connectivity index is 0. The minimum absolute atomic E-state index is 0.562. The van der Waals surface area contributed by atoms with Gasteiger partial charge in [-0.25, -0.2) is 0 Å². The monoisotopic (exact) mass is 132 g/mol. The molecule has 0 atom stereocenters. The zero-order valence-electron chi connectivity index (χ0n) is 5.34. The molecule has 0 unspecified atom stereocenters. The number of rotatable bonds is 0. The van der Waals surface area contributed by atoms with E-state index < -0.39 is 11.9 Å². The van der Waals surface area contributed by atoms with Gasteiger partial charge in [-0.1, -0.05) is 0 Å². The van der Waals surface area contributed by atoms with Crippen LogP contribution in [0.25, 0.3) is 0 Å². The summed E-state index contributed by atoms with van der Waals surface area (Å²) in [6.45, 7) is 4.36. The maximum atomic E-state index is 9.81. The van der Waals surface area contributed by atoms with E-state index in [4.69, 9.17) is 4.79 Å². The molecule has 0 rings (SSSR count).